The second kappa shape index (κ2) is 20.5. The number of halogens is 2. The Bertz CT molecular complexity index is 2720. The summed E-state index contributed by atoms with van der Waals surface area (Å²) in [6.07, 6.45) is 5.21. The van der Waals surface area contributed by atoms with Crippen molar-refractivity contribution in [2.45, 2.75) is 69.9 Å². The van der Waals surface area contributed by atoms with Gasteiger partial charge in [0.25, 0.3) is 24.1 Å². The molecule has 2 aromatic carbocycles. The van der Waals surface area contributed by atoms with Gasteiger partial charge in [0.1, 0.15) is 18.1 Å². The van der Waals surface area contributed by atoms with Crippen molar-refractivity contribution in [3.8, 4) is 17.1 Å². The van der Waals surface area contributed by atoms with Crippen molar-refractivity contribution in [2.75, 3.05) is 56.6 Å². The molecule has 3 aliphatic heterocycles. The Morgan fingerprint density at radius 1 is 1.00 bits per heavy atom. The minimum absolute atomic E-state index is 0.0537. The number of morpholine rings is 1. The van der Waals surface area contributed by atoms with Crippen LogP contribution in [0.2, 0.25) is 0 Å². The van der Waals surface area contributed by atoms with Crippen molar-refractivity contribution < 1.29 is 51.4 Å². The first-order valence-electron chi connectivity index (χ1n) is 22.7. The van der Waals surface area contributed by atoms with Crippen LogP contribution in [0.15, 0.2) is 77.7 Å². The molecule has 5 aromatic rings. The van der Waals surface area contributed by atoms with Gasteiger partial charge >= 0.3 is 0 Å². The average Bonchev–Trinajstić information content (AvgIpc) is 3.74. The second-order valence-corrected chi connectivity index (χ2v) is 17.2. The Kier molecular flexibility index (Phi) is 13.9. The lowest BCUT2D eigenvalue weighted by Crippen LogP contribution is -2.54. The van der Waals surface area contributed by atoms with Crippen molar-refractivity contribution in [3.05, 3.63) is 107 Å². The standard InChI is InChI=1S/C48H49F2N9O9/c49-43(50)42-35(53-44(62)36-27-68-46(54-36)31-16-17-51-39(23-31)52-24-28-6-7-28)26-58(56-42)32-10-8-29(9-11-32)38(60)14-12-33-25-57(19-22-67-33)18-21-66-20-2-4-30-3-1-5-34-41(30)48(65)59(47(34)64)37-13-15-40(61)55-45(37)63/h1,3,5,8-11,16-17,23,26-28,33,37,43H,2,4,6-7,12-15,18-22,24-25H2,(H,51,52)(H,53,62)(H,55,61,63)/t33-,37?/m1/s1. The number of ketones is 1. The summed E-state index contributed by atoms with van der Waals surface area (Å²) in [7, 11) is 0. The SMILES string of the molecule is O=C1CCC(N2C(=O)c3cccc(CCCOCCN4CCO[C@H](CCC(=O)c5ccc(-n6cc(NC(=O)c7coc(-c8ccnc(NCC9CC9)c8)n7)c(C(F)F)n6)cc5)C4)c3C2=O)C(=O)N1. The average molecular weight is 934 g/mol. The van der Waals surface area contributed by atoms with Crippen LogP contribution >= 0.6 is 0 Å². The van der Waals surface area contributed by atoms with Crippen LogP contribution in [0.1, 0.15) is 104 Å². The number of oxazole rings is 1. The molecule has 1 saturated carbocycles. The maximum atomic E-state index is 14.1. The van der Waals surface area contributed by atoms with Gasteiger partial charge in [0.2, 0.25) is 17.7 Å². The maximum Gasteiger partial charge on any atom is 0.284 e. The Hall–Kier alpha value is -7.03. The van der Waals surface area contributed by atoms with Crippen LogP contribution in [0.5, 0.6) is 0 Å². The van der Waals surface area contributed by atoms with Crippen LogP contribution in [0.4, 0.5) is 20.3 Å². The van der Waals surface area contributed by atoms with Crippen LogP contribution in [0, 0.1) is 5.92 Å². The molecule has 68 heavy (non-hydrogen) atoms. The number of benzene rings is 2. The lowest BCUT2D eigenvalue weighted by molar-refractivity contribution is -0.136. The van der Waals surface area contributed by atoms with E-state index < -0.39 is 47.7 Å². The second-order valence-electron chi connectivity index (χ2n) is 17.2. The highest BCUT2D eigenvalue weighted by Gasteiger charge is 2.45. The molecule has 354 valence electrons. The Morgan fingerprint density at radius 3 is 2.63 bits per heavy atom. The number of amides is 5. The largest absolute Gasteiger partial charge is 0.444 e. The fraction of sp³-hybridized carbons (Fsp3) is 0.396. The number of ether oxygens (including phenoxy) is 2. The molecule has 0 radical (unpaired) electrons. The first-order chi connectivity index (χ1) is 33.0. The maximum absolute atomic E-state index is 14.1. The molecular weight excluding hydrogens is 885 g/mol. The quantitative estimate of drug-likeness (QED) is 0.0488. The van der Waals surface area contributed by atoms with E-state index >= 15 is 0 Å². The number of hydrogen-bond donors (Lipinski definition) is 3. The molecule has 5 amide bonds. The number of hydrogen-bond acceptors (Lipinski definition) is 14. The van der Waals surface area contributed by atoms with Gasteiger partial charge < -0.3 is 24.5 Å². The van der Waals surface area contributed by atoms with Gasteiger partial charge in [-0.1, -0.05) is 12.1 Å². The third-order valence-corrected chi connectivity index (χ3v) is 12.4. The van der Waals surface area contributed by atoms with E-state index in [0.29, 0.717) is 98.4 Å². The smallest absolute Gasteiger partial charge is 0.284 e. The van der Waals surface area contributed by atoms with Crippen LogP contribution in [-0.4, -0.2) is 123 Å². The van der Waals surface area contributed by atoms with Gasteiger partial charge in [0.15, 0.2) is 17.2 Å². The predicted octanol–water partition coefficient (Wildman–Crippen LogP) is 5.65. The first-order valence-corrected chi connectivity index (χ1v) is 22.7. The molecule has 0 spiro atoms. The fourth-order valence-electron chi connectivity index (χ4n) is 8.55. The lowest BCUT2D eigenvalue weighted by Gasteiger charge is -2.32. The van der Waals surface area contributed by atoms with Crippen molar-refractivity contribution in [1.29, 1.82) is 0 Å². The number of aryl methyl sites for hydroxylation is 1. The minimum atomic E-state index is -3.00. The number of nitrogens with one attached hydrogen (secondary N) is 3. The van der Waals surface area contributed by atoms with Gasteiger partial charge in [-0.15, -0.1) is 0 Å². The third kappa shape index (κ3) is 10.6. The molecule has 9 rings (SSSR count). The summed E-state index contributed by atoms with van der Waals surface area (Å²) < 4.78 is 46.9. The van der Waals surface area contributed by atoms with E-state index in [9.17, 15) is 37.5 Å². The van der Waals surface area contributed by atoms with Crippen molar-refractivity contribution in [2.24, 2.45) is 5.92 Å². The number of aromatic nitrogens is 4. The van der Waals surface area contributed by atoms with Gasteiger partial charge in [0, 0.05) is 63.0 Å². The fourth-order valence-corrected chi connectivity index (χ4v) is 8.55. The van der Waals surface area contributed by atoms with Crippen LogP contribution in [0.25, 0.3) is 17.1 Å². The normalized spacial score (nSPS) is 18.5. The number of alkyl halides is 2. The van der Waals surface area contributed by atoms with E-state index in [4.69, 9.17) is 13.9 Å². The van der Waals surface area contributed by atoms with Gasteiger partial charge in [-0.25, -0.2) is 23.4 Å². The number of Topliss-reactive ketones (excluding diaryl/α,β-unsaturated/α-hetero) is 1. The lowest BCUT2D eigenvalue weighted by atomic mass is 9.99. The molecule has 4 aliphatic rings. The summed E-state index contributed by atoms with van der Waals surface area (Å²) in [5.74, 6) is -1.53. The molecule has 3 fully saturated rings. The van der Waals surface area contributed by atoms with E-state index in [1.54, 1.807) is 60.8 Å². The number of pyridine rings is 1. The van der Waals surface area contributed by atoms with E-state index in [-0.39, 0.29) is 54.0 Å². The highest BCUT2D eigenvalue weighted by molar-refractivity contribution is 6.24. The molecule has 2 saturated heterocycles. The molecule has 3 N–H and O–H groups in total. The van der Waals surface area contributed by atoms with E-state index in [1.165, 1.54) is 23.7 Å². The molecule has 20 heteroatoms. The van der Waals surface area contributed by atoms with Crippen LogP contribution in [0.3, 0.4) is 0 Å². The van der Waals surface area contributed by atoms with Gasteiger partial charge in [-0.05, 0) is 92.5 Å². The molecule has 6 heterocycles. The number of piperidine rings is 1. The molecule has 3 aromatic heterocycles. The number of rotatable bonds is 20. The zero-order chi connectivity index (χ0) is 47.3. The summed E-state index contributed by atoms with van der Waals surface area (Å²) in [6, 6.07) is 13.9. The molecule has 1 unspecified atom stereocenters. The zero-order valence-electron chi connectivity index (χ0n) is 37.0. The molecule has 1 aliphatic carbocycles. The summed E-state index contributed by atoms with van der Waals surface area (Å²) >= 11 is 0. The molecule has 18 nitrogen and oxygen atoms in total. The number of anilines is 2. The summed E-state index contributed by atoms with van der Waals surface area (Å²) in [5, 5.41) is 12.0. The van der Waals surface area contributed by atoms with Crippen molar-refractivity contribution >= 4 is 46.8 Å². The van der Waals surface area contributed by atoms with Crippen LogP contribution in [-0.2, 0) is 25.5 Å². The van der Waals surface area contributed by atoms with E-state index in [2.05, 4.69) is 35.9 Å². The van der Waals surface area contributed by atoms with E-state index in [1.807, 2.05) is 0 Å². The number of carbonyl (C=O) groups is 6. The number of fused-ring (bicyclic) bond motifs is 1. The predicted molar refractivity (Wildman–Crippen MR) is 239 cm³/mol. The number of nitrogens with zero attached hydrogens (tertiary/aromatic N) is 6. The topological polar surface area (TPSA) is 220 Å². The first kappa shape index (κ1) is 46.1. The number of carbonyl (C=O) groups excluding carboxylic acids is 6. The van der Waals surface area contributed by atoms with Crippen molar-refractivity contribution in [1.82, 2.24) is 34.9 Å². The third-order valence-electron chi connectivity index (χ3n) is 12.4. The number of imide groups is 2. The molecular formula is C48H49F2N9O9. The summed E-state index contributed by atoms with van der Waals surface area (Å²) in [5.41, 5.74) is 1.73. The zero-order valence-corrected chi connectivity index (χ0v) is 37.0. The summed E-state index contributed by atoms with van der Waals surface area (Å²) in [6.45, 7) is 4.20. The van der Waals surface area contributed by atoms with Crippen molar-refractivity contribution in [3.63, 3.8) is 0 Å². The van der Waals surface area contributed by atoms with Gasteiger partial charge in [-0.2, -0.15) is 5.10 Å². The molecule has 0 bridgehead atoms. The monoisotopic (exact) mass is 933 g/mol. The molecule has 2 atom stereocenters. The van der Waals surface area contributed by atoms with Crippen LogP contribution < -0.4 is 16.0 Å². The highest BCUT2D eigenvalue weighted by Crippen LogP contribution is 2.32. The Morgan fingerprint density at radius 2 is 1.84 bits per heavy atom. The van der Waals surface area contributed by atoms with Gasteiger partial charge in [-0.3, -0.25) is 43.9 Å². The summed E-state index contributed by atoms with van der Waals surface area (Å²) in [4.78, 5) is 88.7. The highest BCUT2D eigenvalue weighted by atomic mass is 19.3. The van der Waals surface area contributed by atoms with E-state index in [0.717, 1.165) is 17.7 Å². The van der Waals surface area contributed by atoms with Gasteiger partial charge in [0.05, 0.1) is 48.0 Å². The Balaban J connectivity index is 0.709. The minimum Gasteiger partial charge on any atom is -0.444 e. The Labute approximate surface area is 388 Å².